The second-order valence-electron chi connectivity index (χ2n) is 3.30. The van der Waals surface area contributed by atoms with Crippen LogP contribution in [-0.2, 0) is 6.54 Å². The summed E-state index contributed by atoms with van der Waals surface area (Å²) >= 11 is 1.59. The van der Waals surface area contributed by atoms with Gasteiger partial charge in [-0.2, -0.15) is 0 Å². The summed E-state index contributed by atoms with van der Waals surface area (Å²) in [5.74, 6) is 0. The Bertz CT molecular complexity index is 539. The van der Waals surface area contributed by atoms with Gasteiger partial charge in [0.2, 0.25) is 0 Å². The molecule has 2 aromatic rings. The Kier molecular flexibility index (Phi) is 2.15. The third-order valence-electron chi connectivity index (χ3n) is 2.50. The number of aryl methyl sites for hydroxylation is 3. The molecular formula is C10H12N2OS. The summed E-state index contributed by atoms with van der Waals surface area (Å²) in [4.78, 5) is 18.2. The molecule has 0 radical (unpaired) electrons. The van der Waals surface area contributed by atoms with E-state index >= 15 is 0 Å². The third kappa shape index (κ3) is 1.18. The van der Waals surface area contributed by atoms with E-state index in [0.717, 1.165) is 15.8 Å². The first-order valence-corrected chi connectivity index (χ1v) is 5.42. The first-order chi connectivity index (χ1) is 6.65. The molecule has 0 aliphatic carbocycles. The summed E-state index contributed by atoms with van der Waals surface area (Å²) in [6.45, 7) is 6.63. The summed E-state index contributed by atoms with van der Waals surface area (Å²) in [5, 5.41) is 0.789. The van der Waals surface area contributed by atoms with Crippen LogP contribution in [0.2, 0.25) is 0 Å². The second kappa shape index (κ2) is 3.20. The van der Waals surface area contributed by atoms with Gasteiger partial charge in [0.1, 0.15) is 4.83 Å². The molecule has 0 bridgehead atoms. The zero-order valence-electron chi connectivity index (χ0n) is 8.50. The van der Waals surface area contributed by atoms with Gasteiger partial charge in [-0.15, -0.1) is 11.3 Å². The molecule has 2 rings (SSSR count). The Balaban J connectivity index is 2.94. The molecule has 0 N–H and O–H groups in total. The number of hydrogen-bond acceptors (Lipinski definition) is 3. The van der Waals surface area contributed by atoms with Crippen molar-refractivity contribution in [2.45, 2.75) is 27.3 Å². The smallest absolute Gasteiger partial charge is 0.262 e. The van der Waals surface area contributed by atoms with Crippen LogP contribution >= 0.6 is 11.3 Å². The number of nitrogens with zero attached hydrogens (tertiary/aromatic N) is 2. The van der Waals surface area contributed by atoms with E-state index in [1.807, 2.05) is 20.8 Å². The summed E-state index contributed by atoms with van der Waals surface area (Å²) < 4.78 is 1.64. The van der Waals surface area contributed by atoms with Gasteiger partial charge in [0.25, 0.3) is 5.56 Å². The average molecular weight is 208 g/mol. The lowest BCUT2D eigenvalue weighted by Gasteiger charge is -1.99. The standard InChI is InChI=1S/C10H12N2OS/c1-4-12-5-11-9-8(10(12)13)6(2)7(3)14-9/h5H,4H2,1-3H3. The maximum absolute atomic E-state index is 11.9. The van der Waals surface area contributed by atoms with Crippen LogP contribution in [-0.4, -0.2) is 9.55 Å². The van der Waals surface area contributed by atoms with Crippen molar-refractivity contribution in [3.05, 3.63) is 27.1 Å². The number of aromatic nitrogens is 2. The van der Waals surface area contributed by atoms with Gasteiger partial charge in [0.15, 0.2) is 0 Å². The maximum atomic E-state index is 11.9. The van der Waals surface area contributed by atoms with Crippen molar-refractivity contribution in [2.24, 2.45) is 0 Å². The van der Waals surface area contributed by atoms with Crippen LogP contribution in [0.5, 0.6) is 0 Å². The summed E-state index contributed by atoms with van der Waals surface area (Å²) in [6.07, 6.45) is 1.63. The van der Waals surface area contributed by atoms with Gasteiger partial charge in [0, 0.05) is 11.4 Å². The molecule has 2 aromatic heterocycles. The first-order valence-electron chi connectivity index (χ1n) is 4.60. The maximum Gasteiger partial charge on any atom is 0.262 e. The van der Waals surface area contributed by atoms with Crippen molar-refractivity contribution in [3.63, 3.8) is 0 Å². The van der Waals surface area contributed by atoms with Crippen LogP contribution < -0.4 is 5.56 Å². The Morgan fingerprint density at radius 1 is 1.50 bits per heavy atom. The topological polar surface area (TPSA) is 34.9 Å². The first kappa shape index (κ1) is 9.40. The molecule has 0 atom stereocenters. The monoisotopic (exact) mass is 208 g/mol. The molecule has 0 unspecified atom stereocenters. The largest absolute Gasteiger partial charge is 0.299 e. The molecule has 4 heteroatoms. The Morgan fingerprint density at radius 3 is 2.86 bits per heavy atom. The number of fused-ring (bicyclic) bond motifs is 1. The summed E-state index contributed by atoms with van der Waals surface area (Å²) in [6, 6.07) is 0. The molecule has 0 saturated carbocycles. The highest BCUT2D eigenvalue weighted by atomic mass is 32.1. The SMILES string of the molecule is CCn1cnc2sc(C)c(C)c2c1=O. The molecule has 74 valence electrons. The van der Waals surface area contributed by atoms with E-state index in [-0.39, 0.29) is 5.56 Å². The Morgan fingerprint density at radius 2 is 2.21 bits per heavy atom. The molecule has 14 heavy (non-hydrogen) atoms. The van der Waals surface area contributed by atoms with Crippen LogP contribution in [0.1, 0.15) is 17.4 Å². The molecule has 0 amide bonds. The van der Waals surface area contributed by atoms with Crippen molar-refractivity contribution in [2.75, 3.05) is 0 Å². The minimum atomic E-state index is 0.0827. The van der Waals surface area contributed by atoms with Crippen molar-refractivity contribution in [1.29, 1.82) is 0 Å². The Labute approximate surface area is 86.0 Å². The van der Waals surface area contributed by atoms with Crippen LogP contribution in [0.3, 0.4) is 0 Å². The number of rotatable bonds is 1. The number of thiophene rings is 1. The molecule has 0 aliphatic heterocycles. The van der Waals surface area contributed by atoms with E-state index in [2.05, 4.69) is 4.98 Å². The van der Waals surface area contributed by atoms with Crippen molar-refractivity contribution >= 4 is 21.6 Å². The molecule has 0 aromatic carbocycles. The quantitative estimate of drug-likeness (QED) is 0.719. The fraction of sp³-hybridized carbons (Fsp3) is 0.400. The lowest BCUT2D eigenvalue weighted by Crippen LogP contribution is -2.19. The van der Waals surface area contributed by atoms with E-state index in [9.17, 15) is 4.79 Å². The van der Waals surface area contributed by atoms with Crippen LogP contribution in [0.15, 0.2) is 11.1 Å². The van der Waals surface area contributed by atoms with E-state index in [4.69, 9.17) is 0 Å². The minimum Gasteiger partial charge on any atom is -0.299 e. The second-order valence-corrected chi connectivity index (χ2v) is 4.50. The van der Waals surface area contributed by atoms with Crippen LogP contribution in [0, 0.1) is 13.8 Å². The van der Waals surface area contributed by atoms with Crippen molar-refractivity contribution in [3.8, 4) is 0 Å². The predicted molar refractivity (Wildman–Crippen MR) is 59.0 cm³/mol. The lowest BCUT2D eigenvalue weighted by atomic mass is 10.2. The van der Waals surface area contributed by atoms with Crippen LogP contribution in [0.4, 0.5) is 0 Å². The fourth-order valence-electron chi connectivity index (χ4n) is 1.50. The highest BCUT2D eigenvalue weighted by molar-refractivity contribution is 7.18. The zero-order valence-corrected chi connectivity index (χ0v) is 9.31. The van der Waals surface area contributed by atoms with Gasteiger partial charge in [-0.05, 0) is 26.3 Å². The van der Waals surface area contributed by atoms with E-state index in [1.165, 1.54) is 4.88 Å². The van der Waals surface area contributed by atoms with E-state index in [1.54, 1.807) is 22.2 Å². The van der Waals surface area contributed by atoms with Gasteiger partial charge in [0.05, 0.1) is 11.7 Å². The van der Waals surface area contributed by atoms with Gasteiger partial charge >= 0.3 is 0 Å². The highest BCUT2D eigenvalue weighted by Gasteiger charge is 2.10. The lowest BCUT2D eigenvalue weighted by molar-refractivity contribution is 0.718. The molecule has 2 heterocycles. The van der Waals surface area contributed by atoms with Gasteiger partial charge < -0.3 is 0 Å². The van der Waals surface area contributed by atoms with Crippen molar-refractivity contribution < 1.29 is 0 Å². The molecular weight excluding hydrogens is 196 g/mol. The highest BCUT2D eigenvalue weighted by Crippen LogP contribution is 2.25. The zero-order chi connectivity index (χ0) is 10.3. The van der Waals surface area contributed by atoms with E-state index in [0.29, 0.717) is 6.54 Å². The van der Waals surface area contributed by atoms with E-state index < -0.39 is 0 Å². The van der Waals surface area contributed by atoms with Gasteiger partial charge in [-0.3, -0.25) is 9.36 Å². The fourth-order valence-corrected chi connectivity index (χ4v) is 2.48. The molecule has 0 fully saturated rings. The average Bonchev–Trinajstić information content (AvgIpc) is 2.44. The molecule has 0 aliphatic rings. The molecule has 0 saturated heterocycles. The van der Waals surface area contributed by atoms with Crippen LogP contribution in [0.25, 0.3) is 10.2 Å². The normalized spacial score (nSPS) is 11.1. The predicted octanol–water partition coefficient (Wildman–Crippen LogP) is 2.09. The molecule has 0 spiro atoms. The van der Waals surface area contributed by atoms with Crippen molar-refractivity contribution in [1.82, 2.24) is 9.55 Å². The summed E-state index contributed by atoms with van der Waals surface area (Å²) in [5.41, 5.74) is 1.16. The van der Waals surface area contributed by atoms with Gasteiger partial charge in [-0.1, -0.05) is 0 Å². The summed E-state index contributed by atoms with van der Waals surface area (Å²) in [7, 11) is 0. The minimum absolute atomic E-state index is 0.0827. The number of hydrogen-bond donors (Lipinski definition) is 0. The third-order valence-corrected chi connectivity index (χ3v) is 3.61. The molecule has 3 nitrogen and oxygen atoms in total. The van der Waals surface area contributed by atoms with Gasteiger partial charge in [-0.25, -0.2) is 4.98 Å². The Hall–Kier alpha value is -1.16.